The van der Waals surface area contributed by atoms with E-state index in [1.165, 1.54) is 54.6 Å². The van der Waals surface area contributed by atoms with Crippen molar-refractivity contribution in [2.75, 3.05) is 11.9 Å². The third kappa shape index (κ3) is 5.89. The summed E-state index contributed by atoms with van der Waals surface area (Å²) in [5, 5.41) is 21.3. The fraction of sp³-hybridized carbons (Fsp3) is 0.0833. The van der Waals surface area contributed by atoms with Crippen LogP contribution in [0.1, 0.15) is 37.4 Å². The number of halogens is 2. The molecule has 2 N–H and O–H groups in total. The van der Waals surface area contributed by atoms with E-state index in [4.69, 9.17) is 38.3 Å². The van der Waals surface area contributed by atoms with Crippen molar-refractivity contribution in [3.8, 4) is 11.8 Å². The average Bonchev–Trinajstić information content (AvgIpc) is 2.78. The summed E-state index contributed by atoms with van der Waals surface area (Å²) < 4.78 is 5.57. The highest BCUT2D eigenvalue weighted by atomic mass is 35.5. The van der Waals surface area contributed by atoms with Gasteiger partial charge < -0.3 is 15.2 Å². The second-order valence-electron chi connectivity index (χ2n) is 6.98. The molecule has 1 amide bonds. The topological polar surface area (TPSA) is 116 Å². The minimum atomic E-state index is -1.07. The molecular weight excluding hydrogens is 467 g/mol. The second kappa shape index (κ2) is 10.2. The molecule has 0 radical (unpaired) electrons. The zero-order valence-electron chi connectivity index (χ0n) is 17.2. The first-order chi connectivity index (χ1) is 15.7. The number of nitrogens with one attached hydrogen (secondary N) is 1. The maximum atomic E-state index is 13.1. The molecule has 9 heteroatoms. The molecule has 166 valence electrons. The van der Waals surface area contributed by atoms with Crippen molar-refractivity contribution in [2.24, 2.45) is 0 Å². The molecule has 3 aromatic rings. The molecule has 0 spiro atoms. The predicted molar refractivity (Wildman–Crippen MR) is 123 cm³/mol. The molecule has 0 saturated carbocycles. The van der Waals surface area contributed by atoms with Crippen LogP contribution in [0.25, 0.3) is 0 Å². The third-order valence-corrected chi connectivity index (χ3v) is 5.03. The van der Waals surface area contributed by atoms with Crippen molar-refractivity contribution in [3.63, 3.8) is 0 Å². The van der Waals surface area contributed by atoms with Crippen LogP contribution >= 0.6 is 23.2 Å². The van der Waals surface area contributed by atoms with E-state index in [9.17, 15) is 14.4 Å². The SMILES string of the molecule is Cc1cc(C(=O)O)ccc1NC(=O)COc1ccc(Cl)cc1C(=O)c1cc(Cl)cc(C#N)c1. The van der Waals surface area contributed by atoms with E-state index >= 15 is 0 Å². The van der Waals surface area contributed by atoms with Gasteiger partial charge in [-0.25, -0.2) is 4.79 Å². The van der Waals surface area contributed by atoms with Gasteiger partial charge in [0.05, 0.1) is 22.8 Å². The molecule has 0 bridgehead atoms. The zero-order valence-corrected chi connectivity index (χ0v) is 18.7. The Morgan fingerprint density at radius 2 is 1.76 bits per heavy atom. The first-order valence-corrected chi connectivity index (χ1v) is 10.2. The minimum absolute atomic E-state index is 0.100. The molecule has 7 nitrogen and oxygen atoms in total. The monoisotopic (exact) mass is 482 g/mol. The number of ether oxygens (including phenoxy) is 1. The van der Waals surface area contributed by atoms with Crippen molar-refractivity contribution in [1.29, 1.82) is 5.26 Å². The van der Waals surface area contributed by atoms with Crippen molar-refractivity contribution >= 4 is 46.5 Å². The summed E-state index contributed by atoms with van der Waals surface area (Å²) >= 11 is 12.1. The number of aromatic carboxylic acids is 1. The largest absolute Gasteiger partial charge is 0.483 e. The smallest absolute Gasteiger partial charge is 0.335 e. The Morgan fingerprint density at radius 1 is 1.00 bits per heavy atom. The predicted octanol–water partition coefficient (Wildman–Crippen LogP) is 5.12. The number of anilines is 1. The summed E-state index contributed by atoms with van der Waals surface area (Å²) in [5.74, 6) is -1.94. The van der Waals surface area contributed by atoms with Gasteiger partial charge in [0.2, 0.25) is 0 Å². The van der Waals surface area contributed by atoms with E-state index in [2.05, 4.69) is 5.32 Å². The molecule has 0 aliphatic rings. The summed E-state index contributed by atoms with van der Waals surface area (Å²) in [6, 6.07) is 14.9. The number of benzene rings is 3. The minimum Gasteiger partial charge on any atom is -0.483 e. The van der Waals surface area contributed by atoms with Crippen LogP contribution in [0.5, 0.6) is 5.75 Å². The number of carbonyl (C=O) groups excluding carboxylic acids is 2. The van der Waals surface area contributed by atoms with Gasteiger partial charge in [-0.15, -0.1) is 0 Å². The van der Waals surface area contributed by atoms with Crippen LogP contribution in [-0.2, 0) is 4.79 Å². The number of amides is 1. The van der Waals surface area contributed by atoms with Gasteiger partial charge >= 0.3 is 5.97 Å². The molecule has 0 fully saturated rings. The number of nitriles is 1. The normalized spacial score (nSPS) is 10.2. The summed E-state index contributed by atoms with van der Waals surface area (Å²) in [5.41, 5.74) is 1.60. The number of carbonyl (C=O) groups is 3. The highest BCUT2D eigenvalue weighted by Crippen LogP contribution is 2.27. The van der Waals surface area contributed by atoms with Crippen molar-refractivity contribution in [1.82, 2.24) is 0 Å². The number of ketones is 1. The summed E-state index contributed by atoms with van der Waals surface area (Å²) in [6.07, 6.45) is 0. The van der Waals surface area contributed by atoms with Crippen LogP contribution in [-0.4, -0.2) is 29.4 Å². The Balaban J connectivity index is 1.78. The Bertz CT molecular complexity index is 1310. The lowest BCUT2D eigenvalue weighted by atomic mass is 10.0. The molecule has 0 aliphatic carbocycles. The number of carboxylic acid groups (broad SMARTS) is 1. The average molecular weight is 483 g/mol. The van der Waals surface area contributed by atoms with E-state index in [0.29, 0.717) is 11.3 Å². The summed E-state index contributed by atoms with van der Waals surface area (Å²) in [7, 11) is 0. The number of hydrogen-bond acceptors (Lipinski definition) is 5. The van der Waals surface area contributed by atoms with Gasteiger partial charge in [0.1, 0.15) is 5.75 Å². The van der Waals surface area contributed by atoms with Crippen LogP contribution in [0.2, 0.25) is 10.0 Å². The van der Waals surface area contributed by atoms with Gasteiger partial charge in [-0.1, -0.05) is 23.2 Å². The molecule has 0 atom stereocenters. The van der Waals surface area contributed by atoms with Gasteiger partial charge in [-0.05, 0) is 67.1 Å². The van der Waals surface area contributed by atoms with Crippen molar-refractivity contribution in [3.05, 3.63) is 92.5 Å². The molecule has 0 unspecified atom stereocenters. The van der Waals surface area contributed by atoms with Crippen LogP contribution in [0.4, 0.5) is 5.69 Å². The van der Waals surface area contributed by atoms with Gasteiger partial charge in [-0.3, -0.25) is 9.59 Å². The van der Waals surface area contributed by atoms with E-state index in [0.717, 1.165) is 0 Å². The standard InChI is InChI=1S/C24H16Cl2N2O5/c1-13-6-15(24(31)32)2-4-20(13)28-22(29)12-33-21-5-3-17(25)10-19(21)23(30)16-7-14(11-27)8-18(26)9-16/h2-10H,12H2,1H3,(H,28,29)(H,31,32). The maximum absolute atomic E-state index is 13.1. The Labute approximate surface area is 199 Å². The summed E-state index contributed by atoms with van der Waals surface area (Å²) in [6.45, 7) is 1.25. The maximum Gasteiger partial charge on any atom is 0.335 e. The fourth-order valence-electron chi connectivity index (χ4n) is 3.01. The molecular formula is C24H16Cl2N2O5. The van der Waals surface area contributed by atoms with Gasteiger partial charge in [0.15, 0.2) is 12.4 Å². The van der Waals surface area contributed by atoms with Crippen LogP contribution < -0.4 is 10.1 Å². The second-order valence-corrected chi connectivity index (χ2v) is 7.85. The van der Waals surface area contributed by atoms with Gasteiger partial charge in [-0.2, -0.15) is 5.26 Å². The Kier molecular flexibility index (Phi) is 7.34. The lowest BCUT2D eigenvalue weighted by Crippen LogP contribution is -2.21. The van der Waals surface area contributed by atoms with Crippen LogP contribution in [0.3, 0.4) is 0 Å². The Hall–Kier alpha value is -3.86. The fourth-order valence-corrected chi connectivity index (χ4v) is 3.42. The van der Waals surface area contributed by atoms with Crippen LogP contribution in [0, 0.1) is 18.3 Å². The van der Waals surface area contributed by atoms with Crippen molar-refractivity contribution < 1.29 is 24.2 Å². The number of nitrogens with zero attached hydrogens (tertiary/aromatic N) is 1. The summed E-state index contributed by atoms with van der Waals surface area (Å²) in [4.78, 5) is 36.5. The zero-order chi connectivity index (χ0) is 24.1. The highest BCUT2D eigenvalue weighted by molar-refractivity contribution is 6.32. The molecule has 3 aromatic carbocycles. The van der Waals surface area contributed by atoms with E-state index in [1.54, 1.807) is 6.92 Å². The first kappa shape index (κ1) is 23.8. The van der Waals surface area contributed by atoms with Gasteiger partial charge in [0, 0.05) is 21.3 Å². The lowest BCUT2D eigenvalue weighted by Gasteiger charge is -2.13. The van der Waals surface area contributed by atoms with E-state index < -0.39 is 24.3 Å². The number of hydrogen-bond donors (Lipinski definition) is 2. The van der Waals surface area contributed by atoms with Gasteiger partial charge in [0.25, 0.3) is 5.91 Å². The van der Waals surface area contributed by atoms with E-state index in [1.807, 2.05) is 6.07 Å². The lowest BCUT2D eigenvalue weighted by molar-refractivity contribution is -0.118. The number of carboxylic acids is 1. The quantitative estimate of drug-likeness (QED) is 0.451. The number of aryl methyl sites for hydroxylation is 1. The molecule has 0 aromatic heterocycles. The Morgan fingerprint density at radius 3 is 2.42 bits per heavy atom. The molecule has 33 heavy (non-hydrogen) atoms. The van der Waals surface area contributed by atoms with Crippen LogP contribution in [0.15, 0.2) is 54.6 Å². The molecule has 0 saturated heterocycles. The third-order valence-electron chi connectivity index (χ3n) is 4.58. The number of rotatable bonds is 7. The first-order valence-electron chi connectivity index (χ1n) is 9.49. The molecule has 0 aliphatic heterocycles. The van der Waals surface area contributed by atoms with Crippen molar-refractivity contribution in [2.45, 2.75) is 6.92 Å². The molecule has 0 heterocycles. The highest BCUT2D eigenvalue weighted by Gasteiger charge is 2.18. The molecule has 3 rings (SSSR count). The van der Waals surface area contributed by atoms with E-state index in [-0.39, 0.29) is 38.0 Å².